The lowest BCUT2D eigenvalue weighted by atomic mass is 10.1. The molecule has 15 heavy (non-hydrogen) atoms. The molecule has 2 atom stereocenters. The van der Waals surface area contributed by atoms with Crippen LogP contribution in [0.15, 0.2) is 18.2 Å². The quantitative estimate of drug-likeness (QED) is 0.724. The van der Waals surface area contributed by atoms with Gasteiger partial charge in [0.15, 0.2) is 6.10 Å². The van der Waals surface area contributed by atoms with E-state index >= 15 is 0 Å². The van der Waals surface area contributed by atoms with Crippen LogP contribution < -0.4 is 5.73 Å². The molecule has 1 aromatic carbocycles. The van der Waals surface area contributed by atoms with Crippen LogP contribution >= 0.6 is 0 Å². The normalized spacial score (nSPS) is 23.6. The Balaban J connectivity index is 2.39. The van der Waals surface area contributed by atoms with E-state index in [1.54, 1.807) is 12.1 Å². The number of primary amides is 1. The first-order valence-electron chi connectivity index (χ1n) is 4.51. The van der Waals surface area contributed by atoms with Crippen LogP contribution in [0.3, 0.4) is 0 Å². The van der Waals surface area contributed by atoms with Crippen molar-refractivity contribution >= 4 is 6.09 Å². The van der Waals surface area contributed by atoms with E-state index in [-0.39, 0.29) is 12.0 Å². The third kappa shape index (κ3) is 1.66. The van der Waals surface area contributed by atoms with Gasteiger partial charge in [0.25, 0.3) is 0 Å². The van der Waals surface area contributed by atoms with E-state index < -0.39 is 24.1 Å². The number of aliphatic hydroxyl groups excluding tert-OH is 1. The van der Waals surface area contributed by atoms with E-state index in [9.17, 15) is 14.3 Å². The smallest absolute Gasteiger partial charge is 0.405 e. The van der Waals surface area contributed by atoms with Crippen LogP contribution in [0.4, 0.5) is 9.18 Å². The zero-order valence-electron chi connectivity index (χ0n) is 7.81. The van der Waals surface area contributed by atoms with Gasteiger partial charge >= 0.3 is 6.09 Å². The zero-order chi connectivity index (χ0) is 11.0. The van der Waals surface area contributed by atoms with Gasteiger partial charge in [-0.3, -0.25) is 0 Å². The van der Waals surface area contributed by atoms with Crippen LogP contribution in [0.5, 0.6) is 0 Å². The van der Waals surface area contributed by atoms with E-state index in [0.717, 1.165) is 0 Å². The molecular formula is C10H10FNO3. The van der Waals surface area contributed by atoms with Crippen LogP contribution in [0.25, 0.3) is 0 Å². The minimum atomic E-state index is -1.02. The summed E-state index contributed by atoms with van der Waals surface area (Å²) in [5.74, 6) is -0.490. The number of hydrogen-bond donors (Lipinski definition) is 2. The highest BCUT2D eigenvalue weighted by molar-refractivity contribution is 5.65. The van der Waals surface area contributed by atoms with Crippen molar-refractivity contribution in [3.8, 4) is 0 Å². The molecule has 0 bridgehead atoms. The molecule has 0 radical (unpaired) electrons. The fraction of sp³-hybridized carbons (Fsp3) is 0.300. The molecule has 0 fully saturated rings. The van der Waals surface area contributed by atoms with Gasteiger partial charge in [-0.05, 0) is 11.6 Å². The summed E-state index contributed by atoms with van der Waals surface area (Å²) in [4.78, 5) is 10.6. The molecule has 0 unspecified atom stereocenters. The van der Waals surface area contributed by atoms with E-state index in [1.165, 1.54) is 6.07 Å². The highest BCUT2D eigenvalue weighted by Crippen LogP contribution is 2.35. The minimum Gasteiger partial charge on any atom is -0.439 e. The largest absolute Gasteiger partial charge is 0.439 e. The SMILES string of the molecule is NC(=O)O[C@H]1c2c(F)cccc2C[C@H]1O. The number of benzene rings is 1. The van der Waals surface area contributed by atoms with Gasteiger partial charge < -0.3 is 15.6 Å². The number of carbonyl (C=O) groups excluding carboxylic acids is 1. The maximum atomic E-state index is 13.4. The number of hydrogen-bond acceptors (Lipinski definition) is 3. The van der Waals surface area contributed by atoms with Gasteiger partial charge in [-0.25, -0.2) is 9.18 Å². The molecule has 0 saturated carbocycles. The van der Waals surface area contributed by atoms with Gasteiger partial charge in [-0.15, -0.1) is 0 Å². The maximum Gasteiger partial charge on any atom is 0.405 e. The molecule has 0 aliphatic heterocycles. The molecule has 0 heterocycles. The molecule has 1 aromatic rings. The van der Waals surface area contributed by atoms with E-state index in [1.807, 2.05) is 0 Å². The molecule has 3 N–H and O–H groups in total. The predicted octanol–water partition coefficient (Wildman–Crippen LogP) is 0.879. The number of carbonyl (C=O) groups is 1. The van der Waals surface area contributed by atoms with E-state index in [0.29, 0.717) is 5.56 Å². The Morgan fingerprint density at radius 1 is 1.60 bits per heavy atom. The summed E-state index contributed by atoms with van der Waals surface area (Å²) in [6.45, 7) is 0. The number of amides is 1. The molecule has 1 amide bonds. The van der Waals surface area contributed by atoms with Crippen LogP contribution in [-0.4, -0.2) is 17.3 Å². The van der Waals surface area contributed by atoms with Crippen LogP contribution in [0, 0.1) is 5.82 Å². The third-order valence-corrected chi connectivity index (χ3v) is 2.45. The molecule has 5 heteroatoms. The first kappa shape index (κ1) is 9.92. The number of ether oxygens (including phenoxy) is 1. The Morgan fingerprint density at radius 3 is 3.00 bits per heavy atom. The maximum absolute atomic E-state index is 13.4. The second kappa shape index (κ2) is 3.51. The summed E-state index contributed by atoms with van der Waals surface area (Å²) >= 11 is 0. The zero-order valence-corrected chi connectivity index (χ0v) is 7.81. The standard InChI is InChI=1S/C10H10FNO3/c11-6-3-1-2-5-4-7(13)9(8(5)6)15-10(12)14/h1-3,7,9,13H,4H2,(H2,12,14)/t7-,9-/m1/s1. The summed E-state index contributed by atoms with van der Waals surface area (Å²) < 4.78 is 18.1. The summed E-state index contributed by atoms with van der Waals surface area (Å²) in [7, 11) is 0. The second-order valence-electron chi connectivity index (χ2n) is 3.44. The Labute approximate surface area is 85.5 Å². The highest BCUT2D eigenvalue weighted by Gasteiger charge is 2.36. The Hall–Kier alpha value is -1.62. The molecule has 1 aliphatic rings. The van der Waals surface area contributed by atoms with Gasteiger partial charge in [-0.2, -0.15) is 0 Å². The molecule has 0 saturated heterocycles. The average molecular weight is 211 g/mol. The fourth-order valence-corrected chi connectivity index (χ4v) is 1.87. The summed E-state index contributed by atoms with van der Waals surface area (Å²) in [5, 5.41) is 9.58. The van der Waals surface area contributed by atoms with Crippen molar-refractivity contribution in [2.24, 2.45) is 5.73 Å². The lowest BCUT2D eigenvalue weighted by Gasteiger charge is -2.15. The number of rotatable bonds is 1. The number of aliphatic hydroxyl groups is 1. The van der Waals surface area contributed by atoms with E-state index in [4.69, 9.17) is 5.73 Å². The first-order chi connectivity index (χ1) is 7.09. The third-order valence-electron chi connectivity index (χ3n) is 2.45. The van der Waals surface area contributed by atoms with Crippen molar-refractivity contribution < 1.29 is 19.0 Å². The number of halogens is 1. The Morgan fingerprint density at radius 2 is 2.33 bits per heavy atom. The molecule has 2 rings (SSSR count). The van der Waals surface area contributed by atoms with Crippen molar-refractivity contribution in [1.29, 1.82) is 0 Å². The average Bonchev–Trinajstić information content (AvgIpc) is 2.43. The lowest BCUT2D eigenvalue weighted by molar-refractivity contribution is 0.0155. The Kier molecular flexibility index (Phi) is 2.32. The van der Waals surface area contributed by atoms with Crippen molar-refractivity contribution in [3.63, 3.8) is 0 Å². The molecule has 1 aliphatic carbocycles. The second-order valence-corrected chi connectivity index (χ2v) is 3.44. The van der Waals surface area contributed by atoms with Crippen molar-refractivity contribution in [2.45, 2.75) is 18.6 Å². The van der Waals surface area contributed by atoms with Gasteiger partial charge in [0, 0.05) is 12.0 Å². The predicted molar refractivity (Wildman–Crippen MR) is 49.5 cm³/mol. The van der Waals surface area contributed by atoms with Crippen LogP contribution in [-0.2, 0) is 11.2 Å². The molecule has 80 valence electrons. The van der Waals surface area contributed by atoms with Gasteiger partial charge in [-0.1, -0.05) is 12.1 Å². The monoisotopic (exact) mass is 211 g/mol. The molecule has 4 nitrogen and oxygen atoms in total. The van der Waals surface area contributed by atoms with Gasteiger partial charge in [0.1, 0.15) is 5.82 Å². The van der Waals surface area contributed by atoms with Gasteiger partial charge in [0.05, 0.1) is 6.10 Å². The van der Waals surface area contributed by atoms with Crippen molar-refractivity contribution in [1.82, 2.24) is 0 Å². The first-order valence-corrected chi connectivity index (χ1v) is 4.51. The van der Waals surface area contributed by atoms with Crippen molar-refractivity contribution in [2.75, 3.05) is 0 Å². The summed E-state index contributed by atoms with van der Waals surface area (Å²) in [5.41, 5.74) is 5.72. The molecule has 0 spiro atoms. The highest BCUT2D eigenvalue weighted by atomic mass is 19.1. The number of fused-ring (bicyclic) bond motifs is 1. The van der Waals surface area contributed by atoms with Crippen molar-refractivity contribution in [3.05, 3.63) is 35.1 Å². The van der Waals surface area contributed by atoms with Crippen LogP contribution in [0.2, 0.25) is 0 Å². The molecular weight excluding hydrogens is 201 g/mol. The summed E-state index contributed by atoms with van der Waals surface area (Å²) in [6.07, 6.45) is -2.66. The molecule has 0 aromatic heterocycles. The summed E-state index contributed by atoms with van der Waals surface area (Å²) in [6, 6.07) is 4.49. The fourth-order valence-electron chi connectivity index (χ4n) is 1.87. The minimum absolute atomic E-state index is 0.226. The topological polar surface area (TPSA) is 72.6 Å². The van der Waals surface area contributed by atoms with Gasteiger partial charge in [0.2, 0.25) is 0 Å². The Bertz CT molecular complexity index is 408. The van der Waals surface area contributed by atoms with Crippen LogP contribution in [0.1, 0.15) is 17.2 Å². The number of nitrogens with two attached hydrogens (primary N) is 1. The lowest BCUT2D eigenvalue weighted by Crippen LogP contribution is -2.23. The van der Waals surface area contributed by atoms with E-state index in [2.05, 4.69) is 4.74 Å².